The minimum atomic E-state index is -2.12. The molecule has 0 bridgehead atoms. The van der Waals surface area contributed by atoms with Crippen LogP contribution in [0.5, 0.6) is 5.75 Å². The van der Waals surface area contributed by atoms with Gasteiger partial charge in [-0.3, -0.25) is 0 Å². The quantitative estimate of drug-likeness (QED) is 0.245. The molecule has 0 saturated heterocycles. The van der Waals surface area contributed by atoms with E-state index in [9.17, 15) is 0 Å². The Hall–Kier alpha value is 0.384. The Morgan fingerprint density at radius 2 is 1.17 bits per heavy atom. The maximum atomic E-state index is 6.39. The molecule has 214 valence electrons. The first-order chi connectivity index (χ1) is 16.0. The van der Waals surface area contributed by atoms with Gasteiger partial charge in [0.2, 0.25) is 0 Å². The van der Waals surface area contributed by atoms with Crippen LogP contribution in [0.2, 0.25) is 58.2 Å². The Labute approximate surface area is 240 Å². The SMILES string of the molecule is COc1c(C(C)(C)C)cc(C)cc1[Si](C)(C)[C]1([Lu]([CH2][Si](C)(C)C)[CH2][Si](C)(C)C)C(C)=C(C)C(C)=C1C. The summed E-state index contributed by atoms with van der Waals surface area (Å²) < 4.78 is 9.63. The van der Waals surface area contributed by atoms with Gasteiger partial charge in [-0.05, 0) is 0 Å². The third-order valence-electron chi connectivity index (χ3n) is 7.38. The van der Waals surface area contributed by atoms with E-state index in [1.54, 1.807) is 27.5 Å². The molecule has 1 nitrogen and oxygen atoms in total. The fourth-order valence-electron chi connectivity index (χ4n) is 5.77. The minimum absolute atomic E-state index is 0.0478. The van der Waals surface area contributed by atoms with E-state index in [0.717, 1.165) is 0 Å². The van der Waals surface area contributed by atoms with E-state index >= 15 is 0 Å². The predicted octanol–water partition coefficient (Wildman–Crippen LogP) is 9.81. The first-order valence-corrected chi connectivity index (χ1v) is 27.1. The van der Waals surface area contributed by atoms with Gasteiger partial charge in [-0.2, -0.15) is 0 Å². The molecule has 0 radical (unpaired) electrons. The Morgan fingerprint density at radius 3 is 1.50 bits per heavy atom. The standard InChI is InChI=1S/C23H35OSi.2C4H11Si.Lu/c1-14-12-19(23(6,7)8)21(24-9)20(13-14)25(10,11)22-17(4)15(2)16(3)18(22)5;2*1-5(2,3)4;/h12-13H,1-11H3;2*1H2,2-4H3;. The Kier molecular flexibility index (Phi) is 9.73. The van der Waals surface area contributed by atoms with E-state index in [0.29, 0.717) is 0 Å². The van der Waals surface area contributed by atoms with Crippen LogP contribution in [0, 0.1) is 38.0 Å². The van der Waals surface area contributed by atoms with Gasteiger partial charge in [-0.1, -0.05) is 0 Å². The molecule has 36 heavy (non-hydrogen) atoms. The van der Waals surface area contributed by atoms with Crippen molar-refractivity contribution >= 4 is 29.4 Å². The van der Waals surface area contributed by atoms with Crippen molar-refractivity contribution < 1.29 is 35.9 Å². The number of ether oxygens (including phenoxy) is 1. The van der Waals surface area contributed by atoms with Crippen LogP contribution < -0.4 is 9.92 Å². The van der Waals surface area contributed by atoms with Crippen molar-refractivity contribution in [3.63, 3.8) is 0 Å². The Balaban J connectivity index is 3.10. The zero-order chi connectivity index (χ0) is 28.2. The normalized spacial score (nSPS) is 17.8. The predicted molar refractivity (Wildman–Crippen MR) is 169 cm³/mol. The topological polar surface area (TPSA) is 9.23 Å². The van der Waals surface area contributed by atoms with E-state index in [4.69, 9.17) is 4.74 Å². The molecule has 1 aliphatic carbocycles. The molecule has 1 aliphatic rings. The van der Waals surface area contributed by atoms with Crippen LogP contribution in [0.15, 0.2) is 34.4 Å². The summed E-state index contributed by atoms with van der Waals surface area (Å²) in [6, 6.07) is 4.91. The molecule has 1 aromatic rings. The molecule has 0 atom stereocenters. The van der Waals surface area contributed by atoms with Crippen molar-refractivity contribution in [2.75, 3.05) is 7.11 Å². The van der Waals surface area contributed by atoms with Crippen molar-refractivity contribution in [1.82, 2.24) is 0 Å². The van der Waals surface area contributed by atoms with Crippen LogP contribution in [0.25, 0.3) is 0 Å². The molecule has 0 aliphatic heterocycles. The van der Waals surface area contributed by atoms with Crippen LogP contribution in [-0.2, 0) is 5.41 Å². The molecule has 0 fully saturated rings. The van der Waals surface area contributed by atoms with Crippen LogP contribution in [-0.4, -0.2) is 31.3 Å². The van der Waals surface area contributed by atoms with Crippen molar-refractivity contribution in [3.8, 4) is 5.75 Å². The molecule has 0 heterocycles. The van der Waals surface area contributed by atoms with Crippen LogP contribution in [0.4, 0.5) is 0 Å². The van der Waals surface area contributed by atoms with Crippen molar-refractivity contribution in [2.45, 2.75) is 119 Å². The number of benzene rings is 1. The second-order valence-electron chi connectivity index (χ2n) is 15.0. The van der Waals surface area contributed by atoms with Crippen molar-refractivity contribution in [3.05, 3.63) is 45.6 Å². The van der Waals surface area contributed by atoms with Gasteiger partial charge in [0.05, 0.1) is 0 Å². The van der Waals surface area contributed by atoms with Gasteiger partial charge in [0.15, 0.2) is 0 Å². The summed E-state index contributed by atoms with van der Waals surface area (Å²) in [4.78, 5) is 0. The number of aryl methyl sites for hydroxylation is 1. The average molecular weight is 705 g/mol. The molecule has 0 unspecified atom stereocenters. The summed E-state index contributed by atoms with van der Waals surface area (Å²) in [6.07, 6.45) is 0. The fraction of sp³-hybridized carbons (Fsp3) is 0.677. The van der Waals surface area contributed by atoms with Gasteiger partial charge in [0.25, 0.3) is 0 Å². The summed E-state index contributed by atoms with van der Waals surface area (Å²) in [6.45, 7) is 40.3. The summed E-state index contributed by atoms with van der Waals surface area (Å²) in [5.41, 5.74) is 9.38. The molecule has 0 spiro atoms. The number of hydrogen-bond acceptors (Lipinski definition) is 1. The zero-order valence-corrected chi connectivity index (χ0v) is 31.4. The van der Waals surface area contributed by atoms with Crippen molar-refractivity contribution in [1.29, 1.82) is 0 Å². The molecular formula is C31H57LuOSi3. The molecule has 5 heteroatoms. The average Bonchev–Trinajstić information content (AvgIpc) is 2.85. The zero-order valence-electron chi connectivity index (χ0n) is 26.7. The number of hydrogen-bond donors (Lipinski definition) is 0. The van der Waals surface area contributed by atoms with Crippen LogP contribution in [0.3, 0.4) is 0 Å². The third-order valence-corrected chi connectivity index (χ3v) is 35.2. The van der Waals surface area contributed by atoms with Crippen LogP contribution in [0.1, 0.15) is 59.6 Å². The molecule has 0 amide bonds. The van der Waals surface area contributed by atoms with Gasteiger partial charge < -0.3 is 0 Å². The number of allylic oxidation sites excluding steroid dienone is 4. The van der Waals surface area contributed by atoms with Crippen molar-refractivity contribution in [2.24, 2.45) is 0 Å². The Bertz CT molecular complexity index is 1020. The molecule has 0 saturated carbocycles. The number of rotatable bonds is 8. The Morgan fingerprint density at radius 1 is 0.750 bits per heavy atom. The van der Waals surface area contributed by atoms with E-state index in [-0.39, 0.29) is 6.67 Å². The van der Waals surface area contributed by atoms with E-state index in [2.05, 4.69) is 120 Å². The summed E-state index contributed by atoms with van der Waals surface area (Å²) in [5.74, 6) is 1.18. The maximum absolute atomic E-state index is 6.39. The summed E-state index contributed by atoms with van der Waals surface area (Å²) in [5, 5.41) is 1.55. The van der Waals surface area contributed by atoms with Gasteiger partial charge in [0.1, 0.15) is 0 Å². The van der Waals surface area contributed by atoms with E-state index < -0.39 is 55.3 Å². The summed E-state index contributed by atoms with van der Waals surface area (Å²) in [7, 11) is -2.76. The molecule has 1 aromatic carbocycles. The molecule has 0 aromatic heterocycles. The number of methoxy groups -OCH3 is 1. The van der Waals surface area contributed by atoms with Gasteiger partial charge >= 0.3 is 243 Å². The second kappa shape index (κ2) is 10.7. The van der Waals surface area contributed by atoms with E-state index in [1.807, 2.05) is 7.11 Å². The summed E-state index contributed by atoms with van der Waals surface area (Å²) >= 11 is -0.863. The van der Waals surface area contributed by atoms with E-state index in [1.165, 1.54) is 21.4 Å². The van der Waals surface area contributed by atoms with Gasteiger partial charge in [-0.15, -0.1) is 0 Å². The molecular weight excluding hydrogens is 648 g/mol. The first-order valence-electron chi connectivity index (χ1n) is 13.5. The monoisotopic (exact) mass is 704 g/mol. The fourth-order valence-corrected chi connectivity index (χ4v) is 38.8. The van der Waals surface area contributed by atoms with Gasteiger partial charge in [-0.25, -0.2) is 0 Å². The third kappa shape index (κ3) is 6.08. The molecule has 2 rings (SSSR count). The first kappa shape index (κ1) is 32.6. The van der Waals surface area contributed by atoms with Gasteiger partial charge in [0, 0.05) is 0 Å². The second-order valence-corrected chi connectivity index (χ2v) is 37.6. The molecule has 0 N–H and O–H groups in total. The van der Waals surface area contributed by atoms with Crippen LogP contribution >= 0.6 is 0 Å².